The first-order chi connectivity index (χ1) is 12.1. The van der Waals surface area contributed by atoms with E-state index in [0.717, 1.165) is 16.3 Å². The number of carbonyl (C=O) groups excluding carboxylic acids is 1. The van der Waals surface area contributed by atoms with Gasteiger partial charge in [-0.1, -0.05) is 72.4 Å². The highest BCUT2D eigenvalue weighted by molar-refractivity contribution is 8.01. The maximum absolute atomic E-state index is 12.7. The lowest BCUT2D eigenvalue weighted by molar-refractivity contribution is 0.102. The lowest BCUT2D eigenvalue weighted by Crippen LogP contribution is -2.13. The minimum atomic E-state index is -0.297. The number of anilines is 1. The third-order valence-electron chi connectivity index (χ3n) is 3.64. The Morgan fingerprint density at radius 1 is 1.32 bits per heavy atom. The Hall–Kier alpha value is -2.19. The average Bonchev–Trinajstić information content (AvgIpc) is 3.21. The van der Waals surface area contributed by atoms with Crippen LogP contribution < -0.4 is 5.32 Å². The van der Waals surface area contributed by atoms with Crippen LogP contribution in [0.15, 0.2) is 39.2 Å². The number of aromatic nitrogens is 3. The van der Waals surface area contributed by atoms with E-state index < -0.39 is 0 Å². The zero-order chi connectivity index (χ0) is 17.8. The number of amides is 1. The largest absolute Gasteiger partial charge is 0.360 e. The highest BCUT2D eigenvalue weighted by atomic mass is 32.2. The summed E-state index contributed by atoms with van der Waals surface area (Å²) in [5.41, 5.74) is 1.77. The molecule has 0 aliphatic heterocycles. The molecule has 0 radical (unpaired) electrons. The maximum atomic E-state index is 12.7. The first kappa shape index (κ1) is 17.6. The van der Waals surface area contributed by atoms with E-state index in [1.807, 2.05) is 30.3 Å². The van der Waals surface area contributed by atoms with E-state index in [1.165, 1.54) is 11.3 Å². The number of nitrogens with zero attached hydrogens (tertiary/aromatic N) is 3. The standard InChI is InChI=1S/C17H18N4O2S2/c1-4-10(2)24-17-20-19-16(25-17)18-15(22)13-11(3)23-21-14(13)12-8-6-5-7-9-12/h5-10H,4H2,1-3H3,(H,18,19,22). The van der Waals surface area contributed by atoms with Crippen LogP contribution >= 0.6 is 23.1 Å². The second-order valence-electron chi connectivity index (χ2n) is 5.49. The molecule has 2 heterocycles. The van der Waals surface area contributed by atoms with E-state index in [2.05, 4.69) is 34.5 Å². The molecule has 1 unspecified atom stereocenters. The normalized spacial score (nSPS) is 12.1. The molecule has 0 bridgehead atoms. The zero-order valence-electron chi connectivity index (χ0n) is 14.1. The van der Waals surface area contributed by atoms with Gasteiger partial charge in [-0.15, -0.1) is 10.2 Å². The van der Waals surface area contributed by atoms with Crippen molar-refractivity contribution in [3.05, 3.63) is 41.7 Å². The Morgan fingerprint density at radius 3 is 2.80 bits per heavy atom. The molecule has 3 aromatic rings. The Kier molecular flexibility index (Phi) is 5.50. The highest BCUT2D eigenvalue weighted by Gasteiger charge is 2.22. The van der Waals surface area contributed by atoms with Gasteiger partial charge in [-0.2, -0.15) is 0 Å². The van der Waals surface area contributed by atoms with Crippen LogP contribution in [0.25, 0.3) is 11.3 Å². The van der Waals surface area contributed by atoms with Crippen molar-refractivity contribution >= 4 is 34.1 Å². The van der Waals surface area contributed by atoms with Gasteiger partial charge in [0.15, 0.2) is 4.34 Å². The Balaban J connectivity index is 1.80. The van der Waals surface area contributed by atoms with Crippen molar-refractivity contribution in [1.82, 2.24) is 15.4 Å². The van der Waals surface area contributed by atoms with E-state index >= 15 is 0 Å². The average molecular weight is 374 g/mol. The van der Waals surface area contributed by atoms with Crippen LogP contribution in [0.4, 0.5) is 5.13 Å². The number of aryl methyl sites for hydroxylation is 1. The lowest BCUT2D eigenvalue weighted by atomic mass is 10.1. The highest BCUT2D eigenvalue weighted by Crippen LogP contribution is 2.31. The van der Waals surface area contributed by atoms with E-state index in [-0.39, 0.29) is 5.91 Å². The molecule has 2 aromatic heterocycles. The van der Waals surface area contributed by atoms with E-state index in [0.29, 0.717) is 27.4 Å². The zero-order valence-corrected chi connectivity index (χ0v) is 15.8. The van der Waals surface area contributed by atoms with Crippen LogP contribution in [0, 0.1) is 6.92 Å². The van der Waals surface area contributed by atoms with Crippen LogP contribution in [0.2, 0.25) is 0 Å². The maximum Gasteiger partial charge on any atom is 0.263 e. The summed E-state index contributed by atoms with van der Waals surface area (Å²) in [6.07, 6.45) is 1.05. The molecule has 0 aliphatic rings. The van der Waals surface area contributed by atoms with Gasteiger partial charge in [-0.05, 0) is 13.3 Å². The van der Waals surface area contributed by atoms with Gasteiger partial charge in [0.2, 0.25) is 5.13 Å². The molecule has 0 spiro atoms. The quantitative estimate of drug-likeness (QED) is 0.500. The molecule has 8 heteroatoms. The number of carbonyl (C=O) groups is 1. The fraction of sp³-hybridized carbons (Fsp3) is 0.294. The van der Waals surface area contributed by atoms with Crippen LogP contribution in [-0.4, -0.2) is 26.5 Å². The van der Waals surface area contributed by atoms with Crippen LogP contribution in [-0.2, 0) is 0 Å². The summed E-state index contributed by atoms with van der Waals surface area (Å²) in [7, 11) is 0. The summed E-state index contributed by atoms with van der Waals surface area (Å²) in [6, 6.07) is 9.47. The van der Waals surface area contributed by atoms with Gasteiger partial charge in [0.05, 0.1) is 0 Å². The molecular formula is C17H18N4O2S2. The molecule has 0 saturated heterocycles. The van der Waals surface area contributed by atoms with Crippen molar-refractivity contribution in [2.24, 2.45) is 0 Å². The Morgan fingerprint density at radius 2 is 2.08 bits per heavy atom. The van der Waals surface area contributed by atoms with Crippen molar-refractivity contribution in [3.63, 3.8) is 0 Å². The summed E-state index contributed by atoms with van der Waals surface area (Å²) < 4.78 is 6.08. The Bertz CT molecular complexity index is 861. The lowest BCUT2D eigenvalue weighted by Gasteiger charge is -2.03. The number of thioether (sulfide) groups is 1. The molecule has 1 aromatic carbocycles. The van der Waals surface area contributed by atoms with Crippen molar-refractivity contribution in [3.8, 4) is 11.3 Å². The van der Waals surface area contributed by atoms with Gasteiger partial charge < -0.3 is 4.52 Å². The third kappa shape index (κ3) is 4.08. The molecule has 0 saturated carbocycles. The van der Waals surface area contributed by atoms with Crippen LogP contribution in [0.1, 0.15) is 36.4 Å². The first-order valence-electron chi connectivity index (χ1n) is 7.91. The first-order valence-corrected chi connectivity index (χ1v) is 9.61. The van der Waals surface area contributed by atoms with Crippen molar-refractivity contribution in [2.45, 2.75) is 36.8 Å². The van der Waals surface area contributed by atoms with E-state index in [9.17, 15) is 4.79 Å². The van der Waals surface area contributed by atoms with Crippen LogP contribution in [0.3, 0.4) is 0 Å². The molecule has 1 amide bonds. The minimum Gasteiger partial charge on any atom is -0.360 e. The van der Waals surface area contributed by atoms with Crippen LogP contribution in [0.5, 0.6) is 0 Å². The number of rotatable bonds is 6. The smallest absolute Gasteiger partial charge is 0.263 e. The second kappa shape index (κ2) is 7.79. The van der Waals surface area contributed by atoms with Gasteiger partial charge in [0.1, 0.15) is 17.0 Å². The van der Waals surface area contributed by atoms with E-state index in [4.69, 9.17) is 4.52 Å². The van der Waals surface area contributed by atoms with Crippen molar-refractivity contribution in [1.29, 1.82) is 0 Å². The molecule has 130 valence electrons. The summed E-state index contributed by atoms with van der Waals surface area (Å²) in [4.78, 5) is 12.7. The monoisotopic (exact) mass is 374 g/mol. The summed E-state index contributed by atoms with van der Waals surface area (Å²) in [5.74, 6) is 0.170. The molecule has 25 heavy (non-hydrogen) atoms. The molecule has 0 aliphatic carbocycles. The fourth-order valence-corrected chi connectivity index (χ4v) is 4.15. The van der Waals surface area contributed by atoms with Crippen molar-refractivity contribution < 1.29 is 9.32 Å². The van der Waals surface area contributed by atoms with Gasteiger partial charge >= 0.3 is 0 Å². The Labute approximate surface area is 154 Å². The third-order valence-corrected chi connectivity index (χ3v) is 5.83. The molecule has 1 atom stereocenters. The number of hydrogen-bond acceptors (Lipinski definition) is 7. The topological polar surface area (TPSA) is 80.9 Å². The second-order valence-corrected chi connectivity index (χ2v) is 8.16. The molecule has 0 fully saturated rings. The minimum absolute atomic E-state index is 0.297. The number of nitrogens with one attached hydrogen (secondary N) is 1. The summed E-state index contributed by atoms with van der Waals surface area (Å²) in [5, 5.41) is 15.9. The summed E-state index contributed by atoms with van der Waals surface area (Å²) in [6.45, 7) is 5.98. The van der Waals surface area contributed by atoms with Gasteiger partial charge in [0, 0.05) is 10.8 Å². The number of hydrogen-bond donors (Lipinski definition) is 1. The van der Waals surface area contributed by atoms with Gasteiger partial charge in [-0.25, -0.2) is 0 Å². The SMILES string of the molecule is CCC(C)Sc1nnc(NC(=O)c2c(-c3ccccc3)noc2C)s1. The van der Waals surface area contributed by atoms with Crippen molar-refractivity contribution in [2.75, 3.05) is 5.32 Å². The molecule has 1 N–H and O–H groups in total. The van der Waals surface area contributed by atoms with Gasteiger partial charge in [0.25, 0.3) is 5.91 Å². The molecule has 3 rings (SSSR count). The van der Waals surface area contributed by atoms with E-state index in [1.54, 1.807) is 18.7 Å². The summed E-state index contributed by atoms with van der Waals surface area (Å²) >= 11 is 3.02. The molecular weight excluding hydrogens is 356 g/mol. The molecule has 6 nitrogen and oxygen atoms in total. The predicted octanol–water partition coefficient (Wildman–Crippen LogP) is 4.64. The number of benzene rings is 1. The predicted molar refractivity (Wildman–Crippen MR) is 100 cm³/mol. The van der Waals surface area contributed by atoms with Gasteiger partial charge in [-0.3, -0.25) is 10.1 Å². The fourth-order valence-electron chi connectivity index (χ4n) is 2.16.